The number of allylic oxidation sites excluding steroid dienone is 1. The fraction of sp³-hybridized carbons (Fsp3) is 0.765. The van der Waals surface area contributed by atoms with Crippen LogP contribution in [0.25, 0.3) is 0 Å². The standard InChI is InChI=1S/C17H30N2O2/c1-11(2)10-14(16(21)19-17(3,4)5)13(15(18)20)9-8-12-6-7-12/h12-14H,1,6-10H2,2-5H3,(H2,18,20)(H,19,21)/t13-,14?/m0/s1. The first-order valence-electron chi connectivity index (χ1n) is 7.86. The molecule has 1 unspecified atom stereocenters. The lowest BCUT2D eigenvalue weighted by Gasteiger charge is -2.29. The van der Waals surface area contributed by atoms with Crippen LogP contribution in [0.2, 0.25) is 0 Å². The van der Waals surface area contributed by atoms with E-state index in [0.717, 1.165) is 17.9 Å². The second kappa shape index (κ2) is 7.10. The third-order valence-electron chi connectivity index (χ3n) is 3.84. The van der Waals surface area contributed by atoms with E-state index in [2.05, 4.69) is 11.9 Å². The predicted molar refractivity (Wildman–Crippen MR) is 85.5 cm³/mol. The molecule has 2 amide bonds. The van der Waals surface area contributed by atoms with Crippen LogP contribution in [0.5, 0.6) is 0 Å². The zero-order chi connectivity index (χ0) is 16.2. The van der Waals surface area contributed by atoms with E-state index in [9.17, 15) is 9.59 Å². The highest BCUT2D eigenvalue weighted by atomic mass is 16.2. The Kier molecular flexibility index (Phi) is 5.99. The van der Waals surface area contributed by atoms with E-state index in [0.29, 0.717) is 12.8 Å². The molecule has 0 aliphatic heterocycles. The average Bonchev–Trinajstić information content (AvgIpc) is 3.08. The first-order valence-corrected chi connectivity index (χ1v) is 7.86. The molecular formula is C17H30N2O2. The van der Waals surface area contributed by atoms with Gasteiger partial charge in [0.25, 0.3) is 0 Å². The van der Waals surface area contributed by atoms with Crippen LogP contribution in [-0.4, -0.2) is 17.4 Å². The van der Waals surface area contributed by atoms with Crippen LogP contribution < -0.4 is 11.1 Å². The SMILES string of the molecule is C=C(C)CC(C(=O)NC(C)(C)C)[C@H](CCC1CC1)C(N)=O. The van der Waals surface area contributed by atoms with Gasteiger partial charge in [0.1, 0.15) is 0 Å². The Bertz CT molecular complexity index is 406. The number of amides is 2. The number of primary amides is 1. The topological polar surface area (TPSA) is 72.2 Å². The first-order chi connectivity index (χ1) is 9.60. The van der Waals surface area contributed by atoms with E-state index in [4.69, 9.17) is 5.73 Å². The Balaban J connectivity index is 2.81. The number of carbonyl (C=O) groups is 2. The van der Waals surface area contributed by atoms with Gasteiger partial charge in [-0.3, -0.25) is 9.59 Å². The van der Waals surface area contributed by atoms with Gasteiger partial charge in [-0.25, -0.2) is 0 Å². The smallest absolute Gasteiger partial charge is 0.224 e. The van der Waals surface area contributed by atoms with E-state index in [-0.39, 0.29) is 17.4 Å². The van der Waals surface area contributed by atoms with Gasteiger partial charge in [-0.05, 0) is 52.9 Å². The molecule has 1 fully saturated rings. The van der Waals surface area contributed by atoms with Crippen molar-refractivity contribution in [3.63, 3.8) is 0 Å². The average molecular weight is 294 g/mol. The molecule has 0 spiro atoms. The Hall–Kier alpha value is -1.32. The Morgan fingerprint density at radius 1 is 1.29 bits per heavy atom. The van der Waals surface area contributed by atoms with E-state index in [1.807, 2.05) is 27.7 Å². The van der Waals surface area contributed by atoms with Gasteiger partial charge in [-0.2, -0.15) is 0 Å². The van der Waals surface area contributed by atoms with Crippen LogP contribution >= 0.6 is 0 Å². The fourth-order valence-corrected chi connectivity index (χ4v) is 2.62. The van der Waals surface area contributed by atoms with Gasteiger partial charge in [0, 0.05) is 11.5 Å². The van der Waals surface area contributed by atoms with E-state index in [1.165, 1.54) is 12.8 Å². The second-order valence-corrected chi connectivity index (χ2v) is 7.54. The zero-order valence-corrected chi connectivity index (χ0v) is 13.9. The van der Waals surface area contributed by atoms with Crippen molar-refractivity contribution in [2.75, 3.05) is 0 Å². The molecule has 120 valence electrons. The summed E-state index contributed by atoms with van der Waals surface area (Å²) in [5.41, 5.74) is 6.16. The summed E-state index contributed by atoms with van der Waals surface area (Å²) in [6.45, 7) is 11.6. The molecule has 4 nitrogen and oxygen atoms in total. The van der Waals surface area contributed by atoms with Crippen molar-refractivity contribution >= 4 is 11.8 Å². The van der Waals surface area contributed by atoms with Crippen LogP contribution in [0, 0.1) is 17.8 Å². The van der Waals surface area contributed by atoms with Gasteiger partial charge in [-0.1, -0.05) is 18.4 Å². The van der Waals surface area contributed by atoms with Crippen molar-refractivity contribution in [3.05, 3.63) is 12.2 Å². The van der Waals surface area contributed by atoms with Crippen LogP contribution in [0.4, 0.5) is 0 Å². The minimum atomic E-state index is -0.405. The third kappa shape index (κ3) is 6.78. The summed E-state index contributed by atoms with van der Waals surface area (Å²) < 4.78 is 0. The molecule has 21 heavy (non-hydrogen) atoms. The summed E-state index contributed by atoms with van der Waals surface area (Å²) in [5, 5.41) is 2.98. The molecule has 1 rings (SSSR count). The second-order valence-electron chi connectivity index (χ2n) is 7.54. The third-order valence-corrected chi connectivity index (χ3v) is 3.84. The predicted octanol–water partition coefficient (Wildman–Crippen LogP) is 2.78. The highest BCUT2D eigenvalue weighted by Crippen LogP contribution is 2.36. The van der Waals surface area contributed by atoms with Gasteiger partial charge < -0.3 is 11.1 Å². The lowest BCUT2D eigenvalue weighted by atomic mass is 9.82. The molecule has 0 bridgehead atoms. The van der Waals surface area contributed by atoms with Crippen molar-refractivity contribution in [2.24, 2.45) is 23.5 Å². The molecule has 1 aliphatic carbocycles. The van der Waals surface area contributed by atoms with Crippen molar-refractivity contribution < 1.29 is 9.59 Å². The number of nitrogens with one attached hydrogen (secondary N) is 1. The lowest BCUT2D eigenvalue weighted by Crippen LogP contribution is -2.47. The van der Waals surface area contributed by atoms with E-state index in [1.54, 1.807) is 0 Å². The van der Waals surface area contributed by atoms with Crippen LogP contribution in [0.15, 0.2) is 12.2 Å². The summed E-state index contributed by atoms with van der Waals surface area (Å²) in [6, 6.07) is 0. The van der Waals surface area contributed by atoms with E-state index < -0.39 is 11.8 Å². The summed E-state index contributed by atoms with van der Waals surface area (Å²) in [4.78, 5) is 24.4. The van der Waals surface area contributed by atoms with Gasteiger partial charge >= 0.3 is 0 Å². The molecular weight excluding hydrogens is 264 g/mol. The van der Waals surface area contributed by atoms with Crippen LogP contribution in [-0.2, 0) is 9.59 Å². The first kappa shape index (κ1) is 17.7. The van der Waals surface area contributed by atoms with Crippen molar-refractivity contribution in [3.8, 4) is 0 Å². The summed E-state index contributed by atoms with van der Waals surface area (Å²) in [5.74, 6) is -0.540. The molecule has 3 N–H and O–H groups in total. The van der Waals surface area contributed by atoms with Gasteiger partial charge in [0.05, 0.1) is 5.92 Å². The summed E-state index contributed by atoms with van der Waals surface area (Å²) in [6.07, 6.45) is 4.69. The number of nitrogens with two attached hydrogens (primary N) is 1. The van der Waals surface area contributed by atoms with Crippen molar-refractivity contribution in [2.45, 2.75) is 65.3 Å². The van der Waals surface area contributed by atoms with E-state index >= 15 is 0 Å². The highest BCUT2D eigenvalue weighted by Gasteiger charge is 2.35. The quantitative estimate of drug-likeness (QED) is 0.676. The zero-order valence-electron chi connectivity index (χ0n) is 13.9. The molecule has 0 aromatic heterocycles. The molecule has 4 heteroatoms. The Labute approximate surface area is 128 Å². The van der Waals surface area contributed by atoms with Gasteiger partial charge in [0.2, 0.25) is 11.8 Å². The maximum atomic E-state index is 12.5. The summed E-state index contributed by atoms with van der Waals surface area (Å²) in [7, 11) is 0. The molecule has 0 heterocycles. The lowest BCUT2D eigenvalue weighted by molar-refractivity contribution is -0.134. The Morgan fingerprint density at radius 2 is 1.86 bits per heavy atom. The highest BCUT2D eigenvalue weighted by molar-refractivity contribution is 5.87. The maximum absolute atomic E-state index is 12.5. The number of carbonyl (C=O) groups excluding carboxylic acids is 2. The minimum Gasteiger partial charge on any atom is -0.369 e. The molecule has 2 atom stereocenters. The number of rotatable bonds is 8. The summed E-state index contributed by atoms with van der Waals surface area (Å²) >= 11 is 0. The fourth-order valence-electron chi connectivity index (χ4n) is 2.62. The molecule has 0 saturated heterocycles. The molecule has 1 aliphatic rings. The number of hydrogen-bond acceptors (Lipinski definition) is 2. The molecule has 0 aromatic rings. The molecule has 1 saturated carbocycles. The molecule has 0 radical (unpaired) electrons. The monoisotopic (exact) mass is 294 g/mol. The largest absolute Gasteiger partial charge is 0.369 e. The van der Waals surface area contributed by atoms with Crippen LogP contribution in [0.3, 0.4) is 0 Å². The molecule has 0 aromatic carbocycles. The van der Waals surface area contributed by atoms with Gasteiger partial charge in [-0.15, -0.1) is 6.58 Å². The Morgan fingerprint density at radius 3 is 2.24 bits per heavy atom. The minimum absolute atomic E-state index is 0.0925. The van der Waals surface area contributed by atoms with Gasteiger partial charge in [0.15, 0.2) is 0 Å². The van der Waals surface area contributed by atoms with Crippen molar-refractivity contribution in [1.82, 2.24) is 5.32 Å². The van der Waals surface area contributed by atoms with Crippen LogP contribution in [0.1, 0.15) is 59.8 Å². The van der Waals surface area contributed by atoms with Crippen molar-refractivity contribution in [1.29, 1.82) is 0 Å². The normalized spacial score (nSPS) is 17.9. The maximum Gasteiger partial charge on any atom is 0.224 e. The number of hydrogen-bond donors (Lipinski definition) is 2.